The molecule has 0 heterocycles. The molecule has 0 atom stereocenters. The number of hydrogen-bond donors (Lipinski definition) is 0. The number of hydrogen-bond acceptors (Lipinski definition) is 3. The zero-order valence-electron chi connectivity index (χ0n) is 9.10. The van der Waals surface area contributed by atoms with Gasteiger partial charge in [-0.2, -0.15) is 0 Å². The van der Waals surface area contributed by atoms with Gasteiger partial charge in [-0.1, -0.05) is 0 Å². The maximum atomic E-state index is 10.3. The molecule has 4 nitrogen and oxygen atoms in total. The van der Waals surface area contributed by atoms with Crippen LogP contribution in [-0.2, 0) is 12.8 Å². The van der Waals surface area contributed by atoms with Crippen molar-refractivity contribution in [2.24, 2.45) is 0 Å². The van der Waals surface area contributed by atoms with Gasteiger partial charge in [-0.25, -0.2) is 0 Å². The van der Waals surface area contributed by atoms with Gasteiger partial charge in [0, 0.05) is 11.6 Å². The molecule has 0 saturated carbocycles. The highest BCUT2D eigenvalue weighted by Crippen LogP contribution is 2.30. The molecule has 1 aliphatic rings. The third-order valence-corrected chi connectivity index (χ3v) is 2.82. The van der Waals surface area contributed by atoms with E-state index >= 15 is 0 Å². The van der Waals surface area contributed by atoms with Crippen LogP contribution in [0.3, 0.4) is 0 Å². The number of aryl methyl sites for hydroxylation is 2. The zero-order chi connectivity index (χ0) is 11.5. The standard InChI is InChI=1S/C12H13NO3/c1-16-12-8-10-4-2-3-9(10)7-11(12)5-6-13(14)15/h5-8H,2-4H2,1H3. The van der Waals surface area contributed by atoms with Gasteiger partial charge in [0.25, 0.3) is 0 Å². The summed E-state index contributed by atoms with van der Waals surface area (Å²) in [6.45, 7) is 0. The van der Waals surface area contributed by atoms with Crippen molar-refractivity contribution in [2.75, 3.05) is 7.11 Å². The van der Waals surface area contributed by atoms with Crippen LogP contribution >= 0.6 is 0 Å². The Labute approximate surface area is 93.7 Å². The minimum Gasteiger partial charge on any atom is -0.496 e. The molecule has 0 spiro atoms. The highest BCUT2D eigenvalue weighted by Gasteiger charge is 2.14. The van der Waals surface area contributed by atoms with Gasteiger partial charge in [0.15, 0.2) is 0 Å². The maximum Gasteiger partial charge on any atom is 0.235 e. The molecule has 84 valence electrons. The van der Waals surface area contributed by atoms with E-state index in [0.29, 0.717) is 5.75 Å². The third-order valence-electron chi connectivity index (χ3n) is 2.82. The SMILES string of the molecule is COc1cc2c(cc1C=C[N+](=O)[O-])CCC2. The fraction of sp³-hybridized carbons (Fsp3) is 0.333. The van der Waals surface area contributed by atoms with Crippen molar-refractivity contribution in [2.45, 2.75) is 19.3 Å². The average molecular weight is 219 g/mol. The lowest BCUT2D eigenvalue weighted by atomic mass is 10.1. The van der Waals surface area contributed by atoms with Gasteiger partial charge >= 0.3 is 0 Å². The Bertz CT molecular complexity index is 452. The van der Waals surface area contributed by atoms with Gasteiger partial charge in [0.2, 0.25) is 6.20 Å². The van der Waals surface area contributed by atoms with E-state index in [1.54, 1.807) is 7.11 Å². The summed E-state index contributed by atoms with van der Waals surface area (Å²) in [7, 11) is 1.58. The summed E-state index contributed by atoms with van der Waals surface area (Å²) >= 11 is 0. The van der Waals surface area contributed by atoms with Crippen LogP contribution in [0.25, 0.3) is 6.08 Å². The molecule has 0 saturated heterocycles. The first-order chi connectivity index (χ1) is 7.70. The lowest BCUT2D eigenvalue weighted by Crippen LogP contribution is -1.92. The fourth-order valence-corrected chi connectivity index (χ4v) is 2.07. The number of nitrogens with zero attached hydrogens (tertiary/aromatic N) is 1. The minimum absolute atomic E-state index is 0.466. The summed E-state index contributed by atoms with van der Waals surface area (Å²) in [4.78, 5) is 9.82. The van der Waals surface area contributed by atoms with Crippen LogP contribution in [0.2, 0.25) is 0 Å². The van der Waals surface area contributed by atoms with Crippen molar-refractivity contribution >= 4 is 6.08 Å². The molecule has 16 heavy (non-hydrogen) atoms. The molecule has 0 unspecified atom stereocenters. The molecule has 0 aliphatic heterocycles. The number of fused-ring (bicyclic) bond motifs is 1. The van der Waals surface area contributed by atoms with E-state index in [9.17, 15) is 10.1 Å². The van der Waals surface area contributed by atoms with Crippen molar-refractivity contribution < 1.29 is 9.66 Å². The highest BCUT2D eigenvalue weighted by atomic mass is 16.6. The van der Waals surface area contributed by atoms with E-state index in [0.717, 1.165) is 31.0 Å². The van der Waals surface area contributed by atoms with Crippen molar-refractivity contribution in [3.05, 3.63) is 45.1 Å². The zero-order valence-corrected chi connectivity index (χ0v) is 9.10. The Morgan fingerprint density at radius 2 is 2.06 bits per heavy atom. The number of benzene rings is 1. The summed E-state index contributed by atoms with van der Waals surface area (Å²) < 4.78 is 5.23. The molecule has 0 amide bonds. The van der Waals surface area contributed by atoms with Crippen LogP contribution in [0.1, 0.15) is 23.1 Å². The minimum atomic E-state index is -0.466. The maximum absolute atomic E-state index is 10.3. The first-order valence-corrected chi connectivity index (χ1v) is 5.22. The summed E-state index contributed by atoms with van der Waals surface area (Å²) in [6, 6.07) is 3.98. The smallest absolute Gasteiger partial charge is 0.235 e. The van der Waals surface area contributed by atoms with Gasteiger partial charge in [0.1, 0.15) is 5.75 Å². The average Bonchev–Trinajstić information content (AvgIpc) is 2.71. The molecule has 0 aromatic heterocycles. The number of rotatable bonds is 3. The van der Waals surface area contributed by atoms with Gasteiger partial charge in [0.05, 0.1) is 12.0 Å². The molecule has 4 heteroatoms. The van der Waals surface area contributed by atoms with Gasteiger partial charge in [-0.15, -0.1) is 0 Å². The number of nitro groups is 1. The quantitative estimate of drug-likeness (QED) is 0.579. The van der Waals surface area contributed by atoms with Crippen molar-refractivity contribution in [3.8, 4) is 5.75 Å². The highest BCUT2D eigenvalue weighted by molar-refractivity contribution is 5.60. The molecular weight excluding hydrogens is 206 g/mol. The predicted octanol–water partition coefficient (Wildman–Crippen LogP) is 2.43. The van der Waals surface area contributed by atoms with E-state index in [1.165, 1.54) is 17.2 Å². The Morgan fingerprint density at radius 1 is 1.38 bits per heavy atom. The van der Waals surface area contributed by atoms with Gasteiger partial charge < -0.3 is 4.74 Å². The first kappa shape index (κ1) is 10.7. The Kier molecular flexibility index (Phi) is 2.90. The number of methoxy groups -OCH3 is 1. The lowest BCUT2D eigenvalue weighted by Gasteiger charge is -2.07. The lowest BCUT2D eigenvalue weighted by molar-refractivity contribution is -0.400. The molecular formula is C12H13NO3. The predicted molar refractivity (Wildman–Crippen MR) is 61.0 cm³/mol. The monoisotopic (exact) mass is 219 g/mol. The topological polar surface area (TPSA) is 52.4 Å². The van der Waals surface area contributed by atoms with E-state index in [1.807, 2.05) is 12.1 Å². The third kappa shape index (κ3) is 2.05. The summed E-state index contributed by atoms with van der Waals surface area (Å²) in [6.07, 6.45) is 5.71. The molecule has 0 fully saturated rings. The molecule has 0 radical (unpaired) electrons. The fourth-order valence-electron chi connectivity index (χ4n) is 2.07. The second-order valence-corrected chi connectivity index (χ2v) is 3.82. The largest absolute Gasteiger partial charge is 0.496 e. The van der Waals surface area contributed by atoms with Crippen LogP contribution < -0.4 is 4.74 Å². The second kappa shape index (κ2) is 4.35. The molecule has 1 aromatic rings. The van der Waals surface area contributed by atoms with Crippen molar-refractivity contribution in [1.82, 2.24) is 0 Å². The molecule has 1 aliphatic carbocycles. The van der Waals surface area contributed by atoms with Crippen LogP contribution in [-0.4, -0.2) is 12.0 Å². The Morgan fingerprint density at radius 3 is 2.69 bits per heavy atom. The second-order valence-electron chi connectivity index (χ2n) is 3.82. The van der Waals surface area contributed by atoms with Crippen molar-refractivity contribution in [1.29, 1.82) is 0 Å². The van der Waals surface area contributed by atoms with Crippen LogP contribution in [0.5, 0.6) is 5.75 Å². The molecule has 2 rings (SSSR count). The number of ether oxygens (including phenoxy) is 1. The van der Waals surface area contributed by atoms with Crippen LogP contribution in [0, 0.1) is 10.1 Å². The van der Waals surface area contributed by atoms with Crippen molar-refractivity contribution in [3.63, 3.8) is 0 Å². The van der Waals surface area contributed by atoms with E-state index < -0.39 is 4.92 Å². The Hall–Kier alpha value is -1.84. The molecule has 1 aromatic carbocycles. The van der Waals surface area contributed by atoms with Gasteiger partial charge in [-0.05, 0) is 42.5 Å². The molecule has 0 bridgehead atoms. The summed E-state index contributed by atoms with van der Waals surface area (Å²) in [5, 5.41) is 10.3. The summed E-state index contributed by atoms with van der Waals surface area (Å²) in [5.74, 6) is 0.707. The van der Waals surface area contributed by atoms with E-state index in [-0.39, 0.29) is 0 Å². The first-order valence-electron chi connectivity index (χ1n) is 5.22. The van der Waals surface area contributed by atoms with Crippen LogP contribution in [0.15, 0.2) is 18.3 Å². The van der Waals surface area contributed by atoms with E-state index in [4.69, 9.17) is 4.74 Å². The van der Waals surface area contributed by atoms with E-state index in [2.05, 4.69) is 0 Å². The van der Waals surface area contributed by atoms with Crippen LogP contribution in [0.4, 0.5) is 0 Å². The summed E-state index contributed by atoms with van der Waals surface area (Å²) in [5.41, 5.74) is 3.36. The molecule has 0 N–H and O–H groups in total. The normalized spacial score (nSPS) is 14.1. The Balaban J connectivity index is 2.39. The van der Waals surface area contributed by atoms with Gasteiger partial charge in [-0.3, -0.25) is 10.1 Å².